The van der Waals surface area contributed by atoms with Crippen molar-refractivity contribution in [2.45, 2.75) is 44.1 Å². The maximum absolute atomic E-state index is 12.4. The number of hydrogen-bond donors (Lipinski definition) is 1. The van der Waals surface area contributed by atoms with Gasteiger partial charge in [-0.05, 0) is 74.5 Å². The standard InChI is InChI=1S/C20H23NO5/c22-18(21-20-7-12-3-13(8-20)5-14(4-12)9-20)10-24-19(23)15-1-2-16-17(6-15)26-11-25-16/h1-2,6,12-14H,3-5,7-11H2,(H,21,22). The predicted octanol–water partition coefficient (Wildman–Crippen LogP) is 2.66. The highest BCUT2D eigenvalue weighted by atomic mass is 16.7. The quantitative estimate of drug-likeness (QED) is 0.839. The second-order valence-corrected chi connectivity index (χ2v) is 8.39. The van der Waals surface area contributed by atoms with Crippen LogP contribution in [0, 0.1) is 17.8 Å². The van der Waals surface area contributed by atoms with Crippen LogP contribution in [0.4, 0.5) is 0 Å². The molecule has 1 N–H and O–H groups in total. The summed E-state index contributed by atoms with van der Waals surface area (Å²) in [6, 6.07) is 4.88. The van der Waals surface area contributed by atoms with Gasteiger partial charge in [0.1, 0.15) is 0 Å². The van der Waals surface area contributed by atoms with Crippen LogP contribution in [0.5, 0.6) is 11.5 Å². The average molecular weight is 357 g/mol. The first-order chi connectivity index (χ1) is 12.6. The van der Waals surface area contributed by atoms with Crippen LogP contribution in [0.15, 0.2) is 18.2 Å². The molecule has 1 aromatic rings. The molecule has 0 radical (unpaired) electrons. The Labute approximate surface area is 152 Å². The van der Waals surface area contributed by atoms with Crippen molar-refractivity contribution in [2.24, 2.45) is 17.8 Å². The van der Waals surface area contributed by atoms with E-state index in [-0.39, 0.29) is 24.8 Å². The average Bonchev–Trinajstić information content (AvgIpc) is 3.05. The minimum atomic E-state index is -0.524. The highest BCUT2D eigenvalue weighted by Crippen LogP contribution is 2.55. The number of rotatable bonds is 4. The summed E-state index contributed by atoms with van der Waals surface area (Å²) in [5, 5.41) is 3.21. The molecule has 4 fully saturated rings. The van der Waals surface area contributed by atoms with E-state index >= 15 is 0 Å². The van der Waals surface area contributed by atoms with E-state index in [1.807, 2.05) is 0 Å². The fraction of sp³-hybridized carbons (Fsp3) is 0.600. The number of fused-ring (bicyclic) bond motifs is 1. The summed E-state index contributed by atoms with van der Waals surface area (Å²) >= 11 is 0. The lowest BCUT2D eigenvalue weighted by atomic mass is 9.53. The van der Waals surface area contributed by atoms with Gasteiger partial charge in [0.15, 0.2) is 18.1 Å². The number of nitrogens with one attached hydrogen (secondary N) is 1. The van der Waals surface area contributed by atoms with Gasteiger partial charge in [-0.25, -0.2) is 4.79 Å². The Bertz CT molecular complexity index is 723. The normalized spacial score (nSPS) is 33.2. The third-order valence-electron chi connectivity index (χ3n) is 6.39. The lowest BCUT2D eigenvalue weighted by molar-refractivity contribution is -0.130. The van der Waals surface area contributed by atoms with E-state index in [0.29, 0.717) is 17.1 Å². The fourth-order valence-electron chi connectivity index (χ4n) is 5.83. The summed E-state index contributed by atoms with van der Waals surface area (Å²) in [5.41, 5.74) is 0.300. The summed E-state index contributed by atoms with van der Waals surface area (Å²) in [4.78, 5) is 24.6. The highest BCUT2D eigenvalue weighted by molar-refractivity contribution is 5.92. The van der Waals surface area contributed by atoms with Crippen molar-refractivity contribution in [3.63, 3.8) is 0 Å². The molecule has 1 heterocycles. The summed E-state index contributed by atoms with van der Waals surface area (Å²) in [6.45, 7) is -0.0870. The van der Waals surface area contributed by atoms with Crippen molar-refractivity contribution in [1.29, 1.82) is 0 Å². The van der Waals surface area contributed by atoms with Gasteiger partial charge < -0.3 is 19.5 Å². The molecule has 26 heavy (non-hydrogen) atoms. The molecule has 4 bridgehead atoms. The van der Waals surface area contributed by atoms with E-state index in [0.717, 1.165) is 37.0 Å². The molecule has 0 aromatic heterocycles. The molecule has 4 aliphatic carbocycles. The summed E-state index contributed by atoms with van der Waals surface area (Å²) in [6.07, 6.45) is 7.24. The second-order valence-electron chi connectivity index (χ2n) is 8.39. The van der Waals surface area contributed by atoms with E-state index in [9.17, 15) is 9.59 Å². The number of benzene rings is 1. The molecule has 1 amide bonds. The van der Waals surface area contributed by atoms with Crippen LogP contribution in [0.25, 0.3) is 0 Å². The lowest BCUT2D eigenvalue weighted by Gasteiger charge is -2.56. The fourth-order valence-corrected chi connectivity index (χ4v) is 5.83. The molecule has 0 saturated heterocycles. The molecule has 6 heteroatoms. The largest absolute Gasteiger partial charge is 0.454 e. The van der Waals surface area contributed by atoms with Crippen molar-refractivity contribution in [2.75, 3.05) is 13.4 Å². The van der Waals surface area contributed by atoms with E-state index in [2.05, 4.69) is 5.32 Å². The van der Waals surface area contributed by atoms with Crippen LogP contribution in [0.3, 0.4) is 0 Å². The number of amides is 1. The van der Waals surface area contributed by atoms with Crippen LogP contribution in [-0.2, 0) is 9.53 Å². The summed E-state index contributed by atoms with van der Waals surface area (Å²) in [5.74, 6) is 2.71. The zero-order chi connectivity index (χ0) is 17.7. The van der Waals surface area contributed by atoms with Crippen LogP contribution in [0.1, 0.15) is 48.9 Å². The van der Waals surface area contributed by atoms with Gasteiger partial charge in [0.05, 0.1) is 5.56 Å². The Morgan fingerprint density at radius 2 is 1.69 bits per heavy atom. The second kappa shape index (κ2) is 5.89. The van der Waals surface area contributed by atoms with Gasteiger partial charge >= 0.3 is 5.97 Å². The van der Waals surface area contributed by atoms with E-state index in [1.54, 1.807) is 18.2 Å². The molecule has 1 aromatic carbocycles. The molecule has 0 spiro atoms. The van der Waals surface area contributed by atoms with Crippen LogP contribution in [-0.4, -0.2) is 30.8 Å². The van der Waals surface area contributed by atoms with Gasteiger partial charge in [0.25, 0.3) is 5.91 Å². The maximum atomic E-state index is 12.4. The third kappa shape index (κ3) is 2.81. The zero-order valence-corrected chi connectivity index (χ0v) is 14.7. The smallest absolute Gasteiger partial charge is 0.338 e. The van der Waals surface area contributed by atoms with Gasteiger partial charge in [-0.2, -0.15) is 0 Å². The van der Waals surface area contributed by atoms with Crippen molar-refractivity contribution >= 4 is 11.9 Å². The molecule has 6 nitrogen and oxygen atoms in total. The Kier molecular flexibility index (Phi) is 3.62. The van der Waals surface area contributed by atoms with Crippen molar-refractivity contribution in [1.82, 2.24) is 5.32 Å². The first-order valence-corrected chi connectivity index (χ1v) is 9.46. The number of hydrogen-bond acceptors (Lipinski definition) is 5. The first-order valence-electron chi connectivity index (χ1n) is 9.46. The molecule has 0 unspecified atom stereocenters. The van der Waals surface area contributed by atoms with Gasteiger partial charge in [-0.1, -0.05) is 0 Å². The number of esters is 1. The Morgan fingerprint density at radius 3 is 2.38 bits per heavy atom. The summed E-state index contributed by atoms with van der Waals surface area (Å²) in [7, 11) is 0. The van der Waals surface area contributed by atoms with Crippen molar-refractivity contribution < 1.29 is 23.8 Å². The number of carbonyl (C=O) groups is 2. The number of carbonyl (C=O) groups excluding carboxylic acids is 2. The topological polar surface area (TPSA) is 73.9 Å². The minimum Gasteiger partial charge on any atom is -0.454 e. The molecule has 1 aliphatic heterocycles. The number of ether oxygens (including phenoxy) is 3. The van der Waals surface area contributed by atoms with Crippen LogP contribution in [0.2, 0.25) is 0 Å². The maximum Gasteiger partial charge on any atom is 0.338 e. The third-order valence-corrected chi connectivity index (χ3v) is 6.39. The zero-order valence-electron chi connectivity index (χ0n) is 14.7. The molecular weight excluding hydrogens is 334 g/mol. The molecule has 5 aliphatic rings. The van der Waals surface area contributed by atoms with Crippen LogP contribution < -0.4 is 14.8 Å². The Balaban J connectivity index is 1.18. The van der Waals surface area contributed by atoms with Crippen LogP contribution >= 0.6 is 0 Å². The molecule has 6 rings (SSSR count). The Morgan fingerprint density at radius 1 is 1.04 bits per heavy atom. The molecular formula is C20H23NO5. The van der Waals surface area contributed by atoms with Gasteiger partial charge in [0.2, 0.25) is 6.79 Å². The monoisotopic (exact) mass is 357 g/mol. The molecule has 4 saturated carbocycles. The van der Waals surface area contributed by atoms with Crippen molar-refractivity contribution in [3.8, 4) is 11.5 Å². The highest BCUT2D eigenvalue weighted by Gasteiger charge is 2.51. The van der Waals surface area contributed by atoms with Gasteiger partial charge in [-0.15, -0.1) is 0 Å². The van der Waals surface area contributed by atoms with E-state index in [1.165, 1.54) is 19.3 Å². The predicted molar refractivity (Wildman–Crippen MR) is 91.9 cm³/mol. The van der Waals surface area contributed by atoms with Gasteiger partial charge in [-0.3, -0.25) is 4.79 Å². The SMILES string of the molecule is O=C(COC(=O)c1ccc2c(c1)OCO2)NC12CC3CC(CC(C3)C1)C2. The Hall–Kier alpha value is -2.24. The van der Waals surface area contributed by atoms with Gasteiger partial charge in [0, 0.05) is 5.54 Å². The minimum absolute atomic E-state index is 0.0585. The van der Waals surface area contributed by atoms with E-state index in [4.69, 9.17) is 14.2 Å². The van der Waals surface area contributed by atoms with Crippen molar-refractivity contribution in [3.05, 3.63) is 23.8 Å². The molecule has 138 valence electrons. The summed E-state index contributed by atoms with van der Waals surface area (Å²) < 4.78 is 15.7. The lowest BCUT2D eigenvalue weighted by Crippen LogP contribution is -2.60. The first kappa shape index (κ1) is 16.0. The van der Waals surface area contributed by atoms with E-state index < -0.39 is 5.97 Å². The molecule has 0 atom stereocenters.